The van der Waals surface area contributed by atoms with Gasteiger partial charge in [0.25, 0.3) is 5.91 Å². The van der Waals surface area contributed by atoms with Crippen molar-refractivity contribution in [3.63, 3.8) is 0 Å². The number of hydrogen-bond acceptors (Lipinski definition) is 6. The number of methoxy groups -OCH3 is 1. The molecule has 3 heterocycles. The van der Waals surface area contributed by atoms with Gasteiger partial charge < -0.3 is 19.9 Å². The van der Waals surface area contributed by atoms with Crippen LogP contribution in [0.3, 0.4) is 0 Å². The average molecular weight is 547 g/mol. The standard InChI is InChI=1S/C31H38N4O3S/c1-22(2)21-35-29(27-9-6-20-39-27)28(25-7-4-5-8-26(25)31(35)37)30(36)32-14-15-33-16-18-34(19-17-33)23-10-12-24(38-3)13-11-23/h4-13,20,22,28-29H,14-19,21H2,1-3H3,(H,32,36)/t28-,29-/m0/s1. The number of anilines is 1. The van der Waals surface area contributed by atoms with Crippen molar-refractivity contribution >= 4 is 28.8 Å². The smallest absolute Gasteiger partial charge is 0.254 e. The van der Waals surface area contributed by atoms with Crippen LogP contribution in [0.15, 0.2) is 66.0 Å². The number of fused-ring (bicyclic) bond motifs is 1. The molecule has 0 saturated carbocycles. The van der Waals surface area contributed by atoms with Crippen molar-refractivity contribution in [3.05, 3.63) is 82.0 Å². The molecule has 1 aromatic heterocycles. The van der Waals surface area contributed by atoms with Gasteiger partial charge in [0.1, 0.15) is 5.75 Å². The van der Waals surface area contributed by atoms with Gasteiger partial charge in [-0.1, -0.05) is 38.1 Å². The zero-order chi connectivity index (χ0) is 27.4. The van der Waals surface area contributed by atoms with E-state index in [4.69, 9.17) is 4.74 Å². The first kappa shape index (κ1) is 27.2. The Labute approximate surface area is 235 Å². The number of rotatable bonds is 9. The Balaban J connectivity index is 1.25. The van der Waals surface area contributed by atoms with Gasteiger partial charge in [0.05, 0.1) is 19.1 Å². The molecule has 7 nitrogen and oxygen atoms in total. The van der Waals surface area contributed by atoms with Crippen molar-refractivity contribution in [1.82, 2.24) is 15.1 Å². The van der Waals surface area contributed by atoms with Crippen molar-refractivity contribution in [1.29, 1.82) is 0 Å². The Morgan fingerprint density at radius 1 is 1.03 bits per heavy atom. The van der Waals surface area contributed by atoms with E-state index in [0.717, 1.165) is 48.9 Å². The topological polar surface area (TPSA) is 65.1 Å². The Kier molecular flexibility index (Phi) is 8.53. The minimum absolute atomic E-state index is 0.0106. The van der Waals surface area contributed by atoms with Crippen LogP contribution in [0.2, 0.25) is 0 Å². The van der Waals surface area contributed by atoms with Crippen LogP contribution in [-0.4, -0.2) is 74.5 Å². The molecule has 206 valence electrons. The summed E-state index contributed by atoms with van der Waals surface area (Å²) in [4.78, 5) is 35.2. The molecule has 0 aliphatic carbocycles. The SMILES string of the molecule is COc1ccc(N2CCN(CCNC(=O)[C@H]3c4ccccc4C(=O)N(CC(C)C)[C@H]3c3cccs3)CC2)cc1. The summed E-state index contributed by atoms with van der Waals surface area (Å²) in [7, 11) is 1.68. The minimum Gasteiger partial charge on any atom is -0.497 e. The summed E-state index contributed by atoms with van der Waals surface area (Å²) in [5.74, 6) is 0.715. The number of carbonyl (C=O) groups is 2. The fraction of sp³-hybridized carbons (Fsp3) is 0.419. The van der Waals surface area contributed by atoms with Gasteiger partial charge in [-0.2, -0.15) is 0 Å². The van der Waals surface area contributed by atoms with E-state index < -0.39 is 5.92 Å². The molecule has 3 aromatic rings. The third kappa shape index (κ3) is 5.97. The quantitative estimate of drug-likeness (QED) is 0.424. The molecule has 1 N–H and O–H groups in total. The molecule has 2 atom stereocenters. The van der Waals surface area contributed by atoms with Gasteiger partial charge in [-0.05, 0) is 53.3 Å². The maximum Gasteiger partial charge on any atom is 0.254 e. The molecule has 2 amide bonds. The Bertz CT molecular complexity index is 1250. The number of nitrogens with zero attached hydrogens (tertiary/aromatic N) is 3. The molecule has 39 heavy (non-hydrogen) atoms. The average Bonchev–Trinajstić information content (AvgIpc) is 3.49. The van der Waals surface area contributed by atoms with Gasteiger partial charge in [-0.25, -0.2) is 0 Å². The lowest BCUT2D eigenvalue weighted by Crippen LogP contribution is -2.50. The highest BCUT2D eigenvalue weighted by Crippen LogP contribution is 2.44. The lowest BCUT2D eigenvalue weighted by molar-refractivity contribution is -0.124. The van der Waals surface area contributed by atoms with Crippen LogP contribution in [-0.2, 0) is 4.79 Å². The van der Waals surface area contributed by atoms with Gasteiger partial charge in [0.15, 0.2) is 0 Å². The third-order valence-corrected chi connectivity index (χ3v) is 8.60. The minimum atomic E-state index is -0.441. The second-order valence-electron chi connectivity index (χ2n) is 10.7. The highest BCUT2D eigenvalue weighted by Gasteiger charge is 2.44. The van der Waals surface area contributed by atoms with Crippen molar-refractivity contribution < 1.29 is 14.3 Å². The number of ether oxygens (including phenoxy) is 1. The summed E-state index contributed by atoms with van der Waals surface area (Å²) >= 11 is 1.61. The Morgan fingerprint density at radius 3 is 2.44 bits per heavy atom. The Hall–Kier alpha value is -3.36. The number of benzene rings is 2. The third-order valence-electron chi connectivity index (χ3n) is 7.65. The van der Waals surface area contributed by atoms with Gasteiger partial charge in [-0.15, -0.1) is 11.3 Å². The fourth-order valence-electron chi connectivity index (χ4n) is 5.72. The number of carbonyl (C=O) groups excluding carboxylic acids is 2. The summed E-state index contributed by atoms with van der Waals surface area (Å²) in [5.41, 5.74) is 2.67. The maximum absolute atomic E-state index is 13.9. The number of piperazine rings is 1. The van der Waals surface area contributed by atoms with E-state index in [0.29, 0.717) is 24.6 Å². The van der Waals surface area contributed by atoms with Crippen LogP contribution in [0.25, 0.3) is 0 Å². The lowest BCUT2D eigenvalue weighted by atomic mass is 9.81. The molecule has 1 saturated heterocycles. The summed E-state index contributed by atoms with van der Waals surface area (Å²) in [6.45, 7) is 10.0. The number of amides is 2. The first-order chi connectivity index (χ1) is 19.0. The van der Waals surface area contributed by atoms with E-state index in [1.165, 1.54) is 5.69 Å². The molecular weight excluding hydrogens is 508 g/mol. The van der Waals surface area contributed by atoms with Crippen LogP contribution in [0.1, 0.15) is 46.6 Å². The van der Waals surface area contributed by atoms with Gasteiger partial charge >= 0.3 is 0 Å². The monoisotopic (exact) mass is 546 g/mol. The fourth-order valence-corrected chi connectivity index (χ4v) is 6.59. The van der Waals surface area contributed by atoms with Gasteiger partial charge in [-0.3, -0.25) is 14.5 Å². The number of thiophene rings is 1. The molecule has 8 heteroatoms. The molecule has 0 unspecified atom stereocenters. The molecule has 2 aliphatic heterocycles. The highest BCUT2D eigenvalue weighted by atomic mass is 32.1. The van der Waals surface area contributed by atoms with Crippen molar-refractivity contribution in [3.8, 4) is 5.75 Å². The molecule has 0 spiro atoms. The zero-order valence-corrected chi connectivity index (χ0v) is 23.8. The van der Waals surface area contributed by atoms with Crippen molar-refractivity contribution in [2.24, 2.45) is 5.92 Å². The predicted molar refractivity (Wildman–Crippen MR) is 157 cm³/mol. The molecule has 2 aliphatic rings. The van der Waals surface area contributed by atoms with E-state index in [-0.39, 0.29) is 17.9 Å². The van der Waals surface area contributed by atoms with Gasteiger partial charge in [0, 0.05) is 61.9 Å². The van der Waals surface area contributed by atoms with E-state index in [1.807, 2.05) is 58.8 Å². The number of nitrogens with one attached hydrogen (secondary N) is 1. The van der Waals surface area contributed by atoms with Crippen LogP contribution < -0.4 is 15.0 Å². The van der Waals surface area contributed by atoms with E-state index >= 15 is 0 Å². The first-order valence-electron chi connectivity index (χ1n) is 13.8. The number of hydrogen-bond donors (Lipinski definition) is 1. The summed E-state index contributed by atoms with van der Waals surface area (Å²) in [5, 5.41) is 5.26. The van der Waals surface area contributed by atoms with E-state index in [9.17, 15) is 9.59 Å². The van der Waals surface area contributed by atoms with Crippen LogP contribution in [0, 0.1) is 5.92 Å². The predicted octanol–water partition coefficient (Wildman–Crippen LogP) is 4.63. The maximum atomic E-state index is 13.9. The molecule has 5 rings (SSSR count). The summed E-state index contributed by atoms with van der Waals surface area (Å²) in [6, 6.07) is 19.6. The second kappa shape index (κ2) is 12.2. The molecular formula is C31H38N4O3S. The Morgan fingerprint density at radius 2 is 1.77 bits per heavy atom. The molecule has 2 aromatic carbocycles. The normalized spacial score (nSPS) is 19.7. The van der Waals surface area contributed by atoms with E-state index in [2.05, 4.69) is 41.1 Å². The lowest BCUT2D eigenvalue weighted by Gasteiger charge is -2.42. The second-order valence-corrected chi connectivity index (χ2v) is 11.7. The van der Waals surface area contributed by atoms with Crippen LogP contribution in [0.5, 0.6) is 5.75 Å². The van der Waals surface area contributed by atoms with Crippen molar-refractivity contribution in [2.45, 2.75) is 25.8 Å². The van der Waals surface area contributed by atoms with E-state index in [1.54, 1.807) is 18.4 Å². The highest BCUT2D eigenvalue weighted by molar-refractivity contribution is 7.10. The van der Waals surface area contributed by atoms with Crippen LogP contribution in [0.4, 0.5) is 5.69 Å². The largest absolute Gasteiger partial charge is 0.497 e. The first-order valence-corrected chi connectivity index (χ1v) is 14.7. The van der Waals surface area contributed by atoms with Crippen LogP contribution >= 0.6 is 11.3 Å². The molecule has 1 fully saturated rings. The summed E-state index contributed by atoms with van der Waals surface area (Å²) in [6.07, 6.45) is 0. The zero-order valence-electron chi connectivity index (χ0n) is 23.0. The molecule has 0 radical (unpaired) electrons. The summed E-state index contributed by atoms with van der Waals surface area (Å²) < 4.78 is 5.28. The van der Waals surface area contributed by atoms with Crippen molar-refractivity contribution in [2.75, 3.05) is 57.8 Å². The molecule has 0 bridgehead atoms. The van der Waals surface area contributed by atoms with Gasteiger partial charge in [0.2, 0.25) is 5.91 Å².